The summed E-state index contributed by atoms with van der Waals surface area (Å²) in [5.74, 6) is 0.967. The Bertz CT molecular complexity index is 1150. The second-order valence-corrected chi connectivity index (χ2v) is 6.29. The summed E-state index contributed by atoms with van der Waals surface area (Å²) in [6, 6.07) is 12.6. The molecular formula is C21H20N4O4. The van der Waals surface area contributed by atoms with Crippen molar-refractivity contribution in [2.45, 2.75) is 0 Å². The second-order valence-electron chi connectivity index (χ2n) is 6.29. The standard InChI is InChI=1S/C21H20N4O4/c1-27-9-10-29-20-6-3-15(13-22-20)23-21(26)14-7-8-25-18-5-4-16(28-2)12-17(18)24-19(25)11-14/h3-8,11-13H,9-10H2,1-2H3,(H,23,26). The van der Waals surface area contributed by atoms with Crippen LogP contribution >= 0.6 is 0 Å². The maximum Gasteiger partial charge on any atom is 0.255 e. The summed E-state index contributed by atoms with van der Waals surface area (Å²) in [5, 5.41) is 2.83. The highest BCUT2D eigenvalue weighted by molar-refractivity contribution is 6.05. The van der Waals surface area contributed by atoms with Gasteiger partial charge in [0.1, 0.15) is 18.0 Å². The Morgan fingerprint density at radius 2 is 2.00 bits per heavy atom. The number of anilines is 1. The largest absolute Gasteiger partial charge is 0.497 e. The number of pyridine rings is 2. The van der Waals surface area contributed by atoms with Gasteiger partial charge in [0, 0.05) is 31.0 Å². The van der Waals surface area contributed by atoms with Crippen molar-refractivity contribution in [2.75, 3.05) is 32.8 Å². The maximum absolute atomic E-state index is 12.6. The third-order valence-electron chi connectivity index (χ3n) is 4.41. The molecule has 0 saturated carbocycles. The number of imidazole rings is 1. The molecule has 0 unspecified atom stereocenters. The van der Waals surface area contributed by atoms with Crippen LogP contribution in [0.4, 0.5) is 5.69 Å². The molecule has 1 aromatic carbocycles. The first-order valence-corrected chi connectivity index (χ1v) is 9.03. The van der Waals surface area contributed by atoms with Crippen LogP contribution in [0.2, 0.25) is 0 Å². The zero-order valence-electron chi connectivity index (χ0n) is 16.1. The third kappa shape index (κ3) is 3.97. The molecule has 8 heteroatoms. The first kappa shape index (κ1) is 18.7. The highest BCUT2D eigenvalue weighted by Crippen LogP contribution is 2.22. The number of carbonyl (C=O) groups excluding carboxylic acids is 1. The minimum atomic E-state index is -0.244. The van der Waals surface area contributed by atoms with Crippen LogP contribution in [-0.4, -0.2) is 47.7 Å². The van der Waals surface area contributed by atoms with E-state index in [-0.39, 0.29) is 5.91 Å². The maximum atomic E-state index is 12.6. The zero-order valence-corrected chi connectivity index (χ0v) is 16.1. The molecule has 0 radical (unpaired) electrons. The average Bonchev–Trinajstić information content (AvgIpc) is 3.11. The molecule has 0 aliphatic heterocycles. The van der Waals surface area contributed by atoms with Gasteiger partial charge in [-0.15, -0.1) is 0 Å². The number of fused-ring (bicyclic) bond motifs is 3. The van der Waals surface area contributed by atoms with Crippen molar-refractivity contribution in [1.29, 1.82) is 0 Å². The fourth-order valence-corrected chi connectivity index (χ4v) is 2.94. The van der Waals surface area contributed by atoms with E-state index < -0.39 is 0 Å². The topological polar surface area (TPSA) is 87.0 Å². The first-order chi connectivity index (χ1) is 14.2. The van der Waals surface area contributed by atoms with Crippen LogP contribution in [0.1, 0.15) is 10.4 Å². The number of hydrogen-bond acceptors (Lipinski definition) is 6. The molecule has 148 valence electrons. The van der Waals surface area contributed by atoms with Crippen molar-refractivity contribution < 1.29 is 19.0 Å². The van der Waals surface area contributed by atoms with E-state index in [1.54, 1.807) is 44.7 Å². The van der Waals surface area contributed by atoms with E-state index in [4.69, 9.17) is 14.2 Å². The first-order valence-electron chi connectivity index (χ1n) is 9.03. The van der Waals surface area contributed by atoms with Gasteiger partial charge in [-0.3, -0.25) is 9.20 Å². The lowest BCUT2D eigenvalue weighted by Gasteiger charge is -2.07. The van der Waals surface area contributed by atoms with Crippen LogP contribution < -0.4 is 14.8 Å². The number of carbonyl (C=O) groups is 1. The number of methoxy groups -OCH3 is 2. The molecular weight excluding hydrogens is 372 g/mol. The van der Waals surface area contributed by atoms with E-state index in [1.807, 2.05) is 28.8 Å². The van der Waals surface area contributed by atoms with Crippen molar-refractivity contribution in [1.82, 2.24) is 14.4 Å². The van der Waals surface area contributed by atoms with Crippen LogP contribution in [0.3, 0.4) is 0 Å². The number of amides is 1. The fourth-order valence-electron chi connectivity index (χ4n) is 2.94. The van der Waals surface area contributed by atoms with Crippen molar-refractivity contribution in [3.63, 3.8) is 0 Å². The molecule has 29 heavy (non-hydrogen) atoms. The molecule has 1 N–H and O–H groups in total. The second kappa shape index (κ2) is 8.15. The van der Waals surface area contributed by atoms with Gasteiger partial charge in [-0.05, 0) is 30.3 Å². The van der Waals surface area contributed by atoms with Crippen molar-refractivity contribution in [3.8, 4) is 11.6 Å². The summed E-state index contributed by atoms with van der Waals surface area (Å²) in [6.45, 7) is 0.901. The van der Waals surface area contributed by atoms with Gasteiger partial charge in [0.2, 0.25) is 5.88 Å². The molecule has 4 rings (SSSR count). The molecule has 0 saturated heterocycles. The monoisotopic (exact) mass is 392 g/mol. The predicted octanol–water partition coefficient (Wildman–Crippen LogP) is 3.17. The Kier molecular flexibility index (Phi) is 5.26. The average molecular weight is 392 g/mol. The number of ether oxygens (including phenoxy) is 3. The van der Waals surface area contributed by atoms with Gasteiger partial charge in [-0.2, -0.15) is 0 Å². The Balaban J connectivity index is 1.51. The minimum absolute atomic E-state index is 0.244. The summed E-state index contributed by atoms with van der Waals surface area (Å²) in [6.07, 6.45) is 3.38. The van der Waals surface area contributed by atoms with Crippen LogP contribution in [0.15, 0.2) is 54.9 Å². The van der Waals surface area contributed by atoms with Gasteiger partial charge in [-0.25, -0.2) is 9.97 Å². The quantitative estimate of drug-likeness (QED) is 0.486. The lowest BCUT2D eigenvalue weighted by Crippen LogP contribution is -2.12. The third-order valence-corrected chi connectivity index (χ3v) is 4.41. The number of hydrogen-bond donors (Lipinski definition) is 1. The lowest BCUT2D eigenvalue weighted by atomic mass is 10.2. The summed E-state index contributed by atoms with van der Waals surface area (Å²) in [4.78, 5) is 21.4. The van der Waals surface area contributed by atoms with E-state index in [9.17, 15) is 4.79 Å². The molecule has 3 aromatic heterocycles. The number of benzene rings is 1. The van der Waals surface area contributed by atoms with Crippen LogP contribution in [0.5, 0.6) is 11.6 Å². The van der Waals surface area contributed by atoms with Crippen LogP contribution in [0.25, 0.3) is 16.7 Å². The summed E-state index contributed by atoms with van der Waals surface area (Å²) < 4.78 is 17.5. The molecule has 1 amide bonds. The highest BCUT2D eigenvalue weighted by Gasteiger charge is 2.11. The molecule has 0 spiro atoms. The minimum Gasteiger partial charge on any atom is -0.497 e. The SMILES string of the molecule is COCCOc1ccc(NC(=O)c2ccn3c(c2)nc2cc(OC)ccc23)cn1. The molecule has 0 aliphatic rings. The molecule has 4 aromatic rings. The van der Waals surface area contributed by atoms with E-state index >= 15 is 0 Å². The molecule has 0 aliphatic carbocycles. The number of aromatic nitrogens is 3. The van der Waals surface area contributed by atoms with Gasteiger partial charge in [0.15, 0.2) is 0 Å². The molecule has 0 atom stereocenters. The Morgan fingerprint density at radius 1 is 1.10 bits per heavy atom. The number of rotatable bonds is 7. The summed E-state index contributed by atoms with van der Waals surface area (Å²) >= 11 is 0. The van der Waals surface area contributed by atoms with Crippen molar-refractivity contribution in [2.24, 2.45) is 0 Å². The van der Waals surface area contributed by atoms with Crippen molar-refractivity contribution in [3.05, 3.63) is 60.4 Å². The molecule has 3 heterocycles. The smallest absolute Gasteiger partial charge is 0.255 e. The van der Waals surface area contributed by atoms with Gasteiger partial charge in [0.25, 0.3) is 5.91 Å². The van der Waals surface area contributed by atoms with Crippen molar-refractivity contribution >= 4 is 28.3 Å². The normalized spacial score (nSPS) is 11.0. The van der Waals surface area contributed by atoms with E-state index in [2.05, 4.69) is 15.3 Å². The van der Waals surface area contributed by atoms with E-state index in [0.29, 0.717) is 36.0 Å². The number of nitrogens with one attached hydrogen (secondary N) is 1. The van der Waals surface area contributed by atoms with E-state index in [1.165, 1.54) is 0 Å². The molecule has 8 nitrogen and oxygen atoms in total. The zero-order chi connectivity index (χ0) is 20.2. The van der Waals surface area contributed by atoms with Gasteiger partial charge in [0.05, 0.1) is 36.6 Å². The van der Waals surface area contributed by atoms with Crippen LogP contribution in [0, 0.1) is 0 Å². The summed E-state index contributed by atoms with van der Waals surface area (Å²) in [7, 11) is 3.22. The Labute approximate surface area is 167 Å². The van der Waals surface area contributed by atoms with Gasteiger partial charge >= 0.3 is 0 Å². The predicted molar refractivity (Wildman–Crippen MR) is 109 cm³/mol. The molecule has 0 bridgehead atoms. The lowest BCUT2D eigenvalue weighted by molar-refractivity contribution is 0.102. The fraction of sp³-hybridized carbons (Fsp3) is 0.190. The Morgan fingerprint density at radius 3 is 2.76 bits per heavy atom. The molecule has 0 fully saturated rings. The number of nitrogens with zero attached hydrogens (tertiary/aromatic N) is 3. The van der Waals surface area contributed by atoms with Crippen LogP contribution in [-0.2, 0) is 4.74 Å². The highest BCUT2D eigenvalue weighted by atomic mass is 16.5. The summed E-state index contributed by atoms with van der Waals surface area (Å²) in [5.41, 5.74) is 3.50. The van der Waals surface area contributed by atoms with Gasteiger partial charge < -0.3 is 19.5 Å². The Hall–Kier alpha value is -3.65. The van der Waals surface area contributed by atoms with E-state index in [0.717, 1.165) is 16.8 Å². The van der Waals surface area contributed by atoms with Gasteiger partial charge in [-0.1, -0.05) is 0 Å².